The van der Waals surface area contributed by atoms with E-state index in [-0.39, 0.29) is 5.92 Å². The number of aromatic amines is 1. The molecule has 176 valence electrons. The summed E-state index contributed by atoms with van der Waals surface area (Å²) in [7, 11) is 0. The maximum Gasteiger partial charge on any atom is 0.326 e. The molecule has 2 rings (SSSR count). The molecular formula is C23H35N5O4. The van der Waals surface area contributed by atoms with E-state index in [9.17, 15) is 19.5 Å². The molecule has 0 saturated heterocycles. The zero-order valence-corrected chi connectivity index (χ0v) is 18.8. The molecule has 32 heavy (non-hydrogen) atoms. The molecule has 0 spiro atoms. The van der Waals surface area contributed by atoms with Crippen molar-refractivity contribution in [3.63, 3.8) is 0 Å². The van der Waals surface area contributed by atoms with Gasteiger partial charge in [-0.3, -0.25) is 9.59 Å². The molecule has 2 aromatic rings. The monoisotopic (exact) mass is 445 g/mol. The number of unbranched alkanes of at least 4 members (excludes halogenated alkanes) is 1. The summed E-state index contributed by atoms with van der Waals surface area (Å²) in [4.78, 5) is 40.3. The topological polar surface area (TPSA) is 163 Å². The van der Waals surface area contributed by atoms with E-state index >= 15 is 0 Å². The summed E-state index contributed by atoms with van der Waals surface area (Å²) in [5, 5.41) is 15.7. The molecule has 8 N–H and O–H groups in total. The van der Waals surface area contributed by atoms with Gasteiger partial charge in [0.25, 0.3) is 0 Å². The second-order valence-electron chi connectivity index (χ2n) is 8.54. The Morgan fingerprint density at radius 1 is 1.06 bits per heavy atom. The highest BCUT2D eigenvalue weighted by Gasteiger charge is 2.28. The Balaban J connectivity index is 2.05. The number of H-pyrrole nitrogens is 1. The number of carboxylic acid groups (broad SMARTS) is 1. The van der Waals surface area contributed by atoms with E-state index in [1.54, 1.807) is 0 Å². The normalized spacial score (nSPS) is 14.2. The average molecular weight is 446 g/mol. The number of carbonyl (C=O) groups excluding carboxylic acids is 2. The van der Waals surface area contributed by atoms with Gasteiger partial charge in [0.15, 0.2) is 0 Å². The quantitative estimate of drug-likeness (QED) is 0.254. The molecule has 0 aliphatic rings. The fourth-order valence-corrected chi connectivity index (χ4v) is 3.64. The molecule has 1 aromatic heterocycles. The third-order valence-electron chi connectivity index (χ3n) is 5.35. The van der Waals surface area contributed by atoms with Crippen molar-refractivity contribution in [3.8, 4) is 0 Å². The summed E-state index contributed by atoms with van der Waals surface area (Å²) in [6, 6.07) is 4.98. The highest BCUT2D eigenvalue weighted by Crippen LogP contribution is 2.19. The largest absolute Gasteiger partial charge is 0.480 e. The van der Waals surface area contributed by atoms with Crippen molar-refractivity contribution in [1.29, 1.82) is 0 Å². The van der Waals surface area contributed by atoms with Gasteiger partial charge in [0.2, 0.25) is 11.8 Å². The number of rotatable bonds is 13. The Kier molecular flexibility index (Phi) is 9.67. The smallest absolute Gasteiger partial charge is 0.326 e. The molecule has 9 nitrogen and oxygen atoms in total. The van der Waals surface area contributed by atoms with Crippen LogP contribution in [0.2, 0.25) is 0 Å². The van der Waals surface area contributed by atoms with Crippen LogP contribution in [0.3, 0.4) is 0 Å². The predicted molar refractivity (Wildman–Crippen MR) is 124 cm³/mol. The van der Waals surface area contributed by atoms with Crippen LogP contribution in [0.5, 0.6) is 0 Å². The minimum atomic E-state index is -1.10. The maximum atomic E-state index is 12.8. The number of carbonyl (C=O) groups is 3. The molecular weight excluding hydrogens is 410 g/mol. The first kappa shape index (κ1) is 25.4. The van der Waals surface area contributed by atoms with Gasteiger partial charge in [-0.05, 0) is 56.2 Å². The third-order valence-corrected chi connectivity index (χ3v) is 5.35. The molecule has 0 unspecified atom stereocenters. The average Bonchev–Trinajstić information content (AvgIpc) is 3.15. The molecule has 2 amide bonds. The van der Waals surface area contributed by atoms with Gasteiger partial charge in [-0.1, -0.05) is 32.0 Å². The zero-order chi connectivity index (χ0) is 23.7. The second kappa shape index (κ2) is 12.2. The van der Waals surface area contributed by atoms with Gasteiger partial charge < -0.3 is 32.2 Å². The molecule has 0 aliphatic carbocycles. The number of hydrogen-bond donors (Lipinski definition) is 6. The molecule has 0 radical (unpaired) electrons. The summed E-state index contributed by atoms with van der Waals surface area (Å²) < 4.78 is 0. The molecule has 0 bridgehead atoms. The van der Waals surface area contributed by atoms with Gasteiger partial charge in [-0.2, -0.15) is 0 Å². The lowest BCUT2D eigenvalue weighted by molar-refractivity contribution is -0.142. The van der Waals surface area contributed by atoms with Crippen LogP contribution in [0.25, 0.3) is 10.9 Å². The molecule has 3 atom stereocenters. The molecule has 1 heterocycles. The zero-order valence-electron chi connectivity index (χ0n) is 18.8. The van der Waals surface area contributed by atoms with Gasteiger partial charge in [0, 0.05) is 17.1 Å². The lowest BCUT2D eigenvalue weighted by atomic mass is 10.0. The lowest BCUT2D eigenvalue weighted by Crippen LogP contribution is -2.55. The van der Waals surface area contributed by atoms with E-state index in [4.69, 9.17) is 11.5 Å². The van der Waals surface area contributed by atoms with Crippen molar-refractivity contribution in [3.05, 3.63) is 36.0 Å². The second-order valence-corrected chi connectivity index (χ2v) is 8.54. The summed E-state index contributed by atoms with van der Waals surface area (Å²) >= 11 is 0. The van der Waals surface area contributed by atoms with Crippen molar-refractivity contribution in [2.45, 2.75) is 64.1 Å². The summed E-state index contributed by atoms with van der Waals surface area (Å²) in [5.74, 6) is -2.00. The Morgan fingerprint density at radius 3 is 2.41 bits per heavy atom. The summed E-state index contributed by atoms with van der Waals surface area (Å²) in [5.41, 5.74) is 13.6. The fraction of sp³-hybridized carbons (Fsp3) is 0.522. The van der Waals surface area contributed by atoms with Gasteiger partial charge in [-0.25, -0.2) is 4.79 Å². The first-order valence-corrected chi connectivity index (χ1v) is 11.1. The summed E-state index contributed by atoms with van der Waals surface area (Å²) in [6.45, 7) is 4.23. The van der Waals surface area contributed by atoms with Gasteiger partial charge >= 0.3 is 5.97 Å². The van der Waals surface area contributed by atoms with E-state index < -0.39 is 35.9 Å². The van der Waals surface area contributed by atoms with E-state index in [0.717, 1.165) is 16.5 Å². The first-order valence-electron chi connectivity index (χ1n) is 11.1. The standard InChI is InChI=1S/C23H35N5O4/c1-14(2)11-20(23(31)32)28-22(30)19(9-5-6-10-24)27-21(29)17(25)12-15-13-26-18-8-4-3-7-16(15)18/h3-4,7-8,13-14,17,19-20,26H,5-6,9-12,24-25H2,1-2H3,(H,27,29)(H,28,30)(H,31,32)/t17-,19-,20+/m1/s1. The van der Waals surface area contributed by atoms with Crippen molar-refractivity contribution >= 4 is 28.7 Å². The number of carboxylic acids is 1. The van der Waals surface area contributed by atoms with Gasteiger partial charge in [-0.15, -0.1) is 0 Å². The van der Waals surface area contributed by atoms with Crippen LogP contribution in [0.1, 0.15) is 45.1 Å². The van der Waals surface area contributed by atoms with E-state index in [1.807, 2.05) is 44.3 Å². The van der Waals surface area contributed by atoms with Crippen molar-refractivity contribution in [2.24, 2.45) is 17.4 Å². The Bertz CT molecular complexity index is 911. The number of aliphatic carboxylic acids is 1. The number of hydrogen-bond acceptors (Lipinski definition) is 5. The first-order chi connectivity index (χ1) is 15.2. The molecule has 0 saturated carbocycles. The number of para-hydroxylation sites is 1. The molecule has 9 heteroatoms. The number of fused-ring (bicyclic) bond motifs is 1. The summed E-state index contributed by atoms with van der Waals surface area (Å²) in [6.07, 6.45) is 4.09. The number of amides is 2. The number of nitrogens with one attached hydrogen (secondary N) is 3. The highest BCUT2D eigenvalue weighted by molar-refractivity contribution is 5.92. The minimum Gasteiger partial charge on any atom is -0.480 e. The van der Waals surface area contributed by atoms with Crippen LogP contribution < -0.4 is 22.1 Å². The van der Waals surface area contributed by atoms with Crippen LogP contribution in [-0.4, -0.2) is 52.5 Å². The number of aromatic nitrogens is 1. The van der Waals surface area contributed by atoms with Crippen LogP contribution in [0.4, 0.5) is 0 Å². The molecule has 0 aliphatic heterocycles. The van der Waals surface area contributed by atoms with Crippen molar-refractivity contribution in [2.75, 3.05) is 6.54 Å². The van der Waals surface area contributed by atoms with Crippen LogP contribution in [0.15, 0.2) is 30.5 Å². The van der Waals surface area contributed by atoms with Crippen LogP contribution >= 0.6 is 0 Å². The van der Waals surface area contributed by atoms with E-state index in [0.29, 0.717) is 38.6 Å². The fourth-order valence-electron chi connectivity index (χ4n) is 3.64. The Labute approximate surface area is 188 Å². The number of nitrogens with two attached hydrogens (primary N) is 2. The minimum absolute atomic E-state index is 0.0891. The Hall–Kier alpha value is -2.91. The SMILES string of the molecule is CC(C)C[C@H](NC(=O)[C@@H](CCCCN)NC(=O)[C@H](N)Cc1c[nH]c2ccccc12)C(=O)O. The van der Waals surface area contributed by atoms with Crippen molar-refractivity contribution in [1.82, 2.24) is 15.6 Å². The van der Waals surface area contributed by atoms with E-state index in [2.05, 4.69) is 15.6 Å². The third kappa shape index (κ3) is 7.35. The van der Waals surface area contributed by atoms with Crippen molar-refractivity contribution < 1.29 is 19.5 Å². The molecule has 0 fully saturated rings. The molecule has 1 aromatic carbocycles. The van der Waals surface area contributed by atoms with Crippen LogP contribution in [-0.2, 0) is 20.8 Å². The van der Waals surface area contributed by atoms with Gasteiger partial charge in [0.05, 0.1) is 6.04 Å². The lowest BCUT2D eigenvalue weighted by Gasteiger charge is -2.23. The number of benzene rings is 1. The van der Waals surface area contributed by atoms with Crippen LogP contribution in [0, 0.1) is 5.92 Å². The predicted octanol–water partition coefficient (Wildman–Crippen LogP) is 1.27. The maximum absolute atomic E-state index is 12.8. The van der Waals surface area contributed by atoms with Gasteiger partial charge in [0.1, 0.15) is 12.1 Å². The van der Waals surface area contributed by atoms with E-state index in [1.165, 1.54) is 0 Å². The Morgan fingerprint density at radius 2 is 1.75 bits per heavy atom. The highest BCUT2D eigenvalue weighted by atomic mass is 16.4.